The highest BCUT2D eigenvalue weighted by Crippen LogP contribution is 2.26. The number of benzene rings is 2. The van der Waals surface area contributed by atoms with Gasteiger partial charge in [-0.1, -0.05) is 29.4 Å². The molecule has 5 N–H and O–H groups in total. The standard InChI is InChI=1S/C17H14F3N5O2.C17H13F3N4O2/c18-17(19,20)10-22-16(26)24-13-3-1-2-12(7-13)14-9-21-15-6-11(8-23-27)4-5-25(14)15;18-17(19,20)10-22-16(26)23-13-3-1-2-12(7-13)14-8-21-15-6-11(9-25)4-5-24(14)15/h1-9,27H,10H2,(H2,22,24,26);1-9H,10H2,(H2,22,23,26)/b23-8+;. The van der Waals surface area contributed by atoms with E-state index in [9.17, 15) is 40.7 Å². The van der Waals surface area contributed by atoms with Gasteiger partial charge in [0.15, 0.2) is 0 Å². The van der Waals surface area contributed by atoms with Crippen molar-refractivity contribution in [3.8, 4) is 22.5 Å². The average Bonchev–Trinajstić information content (AvgIpc) is 3.74. The molecule has 274 valence electrons. The summed E-state index contributed by atoms with van der Waals surface area (Å²) in [6, 6.07) is 18.1. The highest BCUT2D eigenvalue weighted by molar-refractivity contribution is 5.91. The van der Waals surface area contributed by atoms with Crippen LogP contribution in [0.4, 0.5) is 47.3 Å². The molecule has 0 atom stereocenters. The Bertz CT molecular complexity index is 2280. The topological polar surface area (TPSA) is 167 Å². The Labute approximate surface area is 295 Å². The Balaban J connectivity index is 0.000000204. The van der Waals surface area contributed by atoms with Crippen LogP contribution in [0.3, 0.4) is 0 Å². The first kappa shape index (κ1) is 37.3. The number of halogens is 6. The molecule has 0 aliphatic rings. The number of anilines is 2. The van der Waals surface area contributed by atoms with Crippen molar-refractivity contribution in [3.63, 3.8) is 0 Å². The summed E-state index contributed by atoms with van der Waals surface area (Å²) < 4.78 is 76.4. The van der Waals surface area contributed by atoms with Crippen molar-refractivity contribution in [1.29, 1.82) is 0 Å². The van der Waals surface area contributed by atoms with Crippen LogP contribution in [-0.2, 0) is 0 Å². The first-order valence-corrected chi connectivity index (χ1v) is 15.2. The molecule has 0 fully saturated rings. The molecule has 2 aromatic carbocycles. The Morgan fingerprint density at radius 3 is 1.58 bits per heavy atom. The molecule has 53 heavy (non-hydrogen) atoms. The number of rotatable bonds is 8. The van der Waals surface area contributed by atoms with E-state index >= 15 is 0 Å². The van der Waals surface area contributed by atoms with Gasteiger partial charge >= 0.3 is 24.4 Å². The number of alkyl halides is 6. The van der Waals surface area contributed by atoms with Crippen molar-refractivity contribution in [3.05, 3.63) is 109 Å². The first-order chi connectivity index (χ1) is 25.2. The van der Waals surface area contributed by atoms with Crippen LogP contribution in [0.2, 0.25) is 0 Å². The normalized spacial score (nSPS) is 11.6. The van der Waals surface area contributed by atoms with E-state index < -0.39 is 37.5 Å². The highest BCUT2D eigenvalue weighted by Gasteiger charge is 2.28. The van der Waals surface area contributed by atoms with Gasteiger partial charge in [-0.15, -0.1) is 0 Å². The number of amides is 4. The Morgan fingerprint density at radius 2 is 1.15 bits per heavy atom. The van der Waals surface area contributed by atoms with E-state index in [-0.39, 0.29) is 0 Å². The minimum absolute atomic E-state index is 0.335. The summed E-state index contributed by atoms with van der Waals surface area (Å²) in [4.78, 5) is 42.5. The summed E-state index contributed by atoms with van der Waals surface area (Å²) in [5.74, 6) is 0. The third-order valence-electron chi connectivity index (χ3n) is 7.15. The van der Waals surface area contributed by atoms with Gasteiger partial charge in [-0.25, -0.2) is 19.6 Å². The molecule has 4 aromatic heterocycles. The maximum atomic E-state index is 12.2. The molecule has 0 unspecified atom stereocenters. The van der Waals surface area contributed by atoms with E-state index in [4.69, 9.17) is 5.21 Å². The number of aldehydes is 1. The van der Waals surface area contributed by atoms with Crippen molar-refractivity contribution < 1.29 is 45.9 Å². The van der Waals surface area contributed by atoms with Crippen LogP contribution in [0.25, 0.3) is 33.8 Å². The maximum absolute atomic E-state index is 12.2. The third kappa shape index (κ3) is 10.3. The van der Waals surface area contributed by atoms with Crippen LogP contribution in [-0.4, -0.2) is 74.0 Å². The molecule has 0 saturated heterocycles. The molecule has 0 aliphatic carbocycles. The zero-order valence-corrected chi connectivity index (χ0v) is 27.0. The number of aromatic nitrogens is 4. The van der Waals surface area contributed by atoms with Gasteiger partial charge in [-0.05, 0) is 48.5 Å². The lowest BCUT2D eigenvalue weighted by Crippen LogP contribution is -2.36. The summed E-state index contributed by atoms with van der Waals surface area (Å²) in [5.41, 5.74) is 5.85. The van der Waals surface area contributed by atoms with E-state index in [0.717, 1.165) is 12.0 Å². The molecule has 6 rings (SSSR count). The number of carbonyl (C=O) groups is 3. The van der Waals surface area contributed by atoms with E-state index in [0.29, 0.717) is 50.6 Å². The van der Waals surface area contributed by atoms with Gasteiger partial charge in [-0.2, -0.15) is 26.3 Å². The highest BCUT2D eigenvalue weighted by atomic mass is 19.4. The van der Waals surface area contributed by atoms with E-state index in [1.54, 1.807) is 117 Å². The van der Waals surface area contributed by atoms with Crippen LogP contribution in [0.5, 0.6) is 0 Å². The van der Waals surface area contributed by atoms with Crippen molar-refractivity contribution in [2.45, 2.75) is 12.4 Å². The molecule has 4 amide bonds. The molecule has 19 heteroatoms. The molecule has 0 radical (unpaired) electrons. The van der Waals surface area contributed by atoms with Gasteiger partial charge in [0, 0.05) is 46.0 Å². The van der Waals surface area contributed by atoms with Crippen LogP contribution in [0, 0.1) is 0 Å². The second kappa shape index (κ2) is 16.0. The quantitative estimate of drug-likeness (QED) is 0.0371. The number of hydrogen-bond donors (Lipinski definition) is 5. The monoisotopic (exact) mass is 739 g/mol. The fourth-order valence-corrected chi connectivity index (χ4v) is 4.86. The number of hydrogen-bond acceptors (Lipinski definition) is 7. The lowest BCUT2D eigenvalue weighted by Gasteiger charge is -2.10. The Kier molecular flexibility index (Phi) is 11.2. The number of nitrogens with zero attached hydrogens (tertiary/aromatic N) is 5. The molecule has 0 saturated carbocycles. The van der Waals surface area contributed by atoms with Gasteiger partial charge in [0.05, 0.1) is 30.0 Å². The number of oxime groups is 1. The molecule has 0 bridgehead atoms. The predicted octanol–water partition coefficient (Wildman–Crippen LogP) is 6.99. The minimum Gasteiger partial charge on any atom is -0.411 e. The molecular formula is C34H27F6N9O4. The average molecular weight is 740 g/mol. The number of pyridine rings is 2. The van der Waals surface area contributed by atoms with Crippen LogP contribution >= 0.6 is 0 Å². The minimum atomic E-state index is -4.48. The lowest BCUT2D eigenvalue weighted by molar-refractivity contribution is -0.123. The van der Waals surface area contributed by atoms with Crippen LogP contribution in [0.1, 0.15) is 15.9 Å². The van der Waals surface area contributed by atoms with E-state index in [1.165, 1.54) is 6.21 Å². The van der Waals surface area contributed by atoms with Crippen LogP contribution < -0.4 is 21.3 Å². The summed E-state index contributed by atoms with van der Waals surface area (Å²) in [7, 11) is 0. The summed E-state index contributed by atoms with van der Waals surface area (Å²) in [5, 5.41) is 19.8. The smallest absolute Gasteiger partial charge is 0.405 e. The zero-order chi connectivity index (χ0) is 38.2. The van der Waals surface area contributed by atoms with Crippen molar-refractivity contribution in [2.75, 3.05) is 23.7 Å². The molecule has 6 aromatic rings. The number of nitrogens with one attached hydrogen (secondary N) is 4. The van der Waals surface area contributed by atoms with Crippen molar-refractivity contribution >= 4 is 47.2 Å². The van der Waals surface area contributed by atoms with E-state index in [1.807, 2.05) is 0 Å². The molecular weight excluding hydrogens is 712 g/mol. The van der Waals surface area contributed by atoms with Crippen molar-refractivity contribution in [1.82, 2.24) is 29.4 Å². The third-order valence-corrected chi connectivity index (χ3v) is 7.15. The maximum Gasteiger partial charge on any atom is 0.405 e. The Hall–Kier alpha value is -6.92. The first-order valence-electron chi connectivity index (χ1n) is 15.2. The molecule has 4 heterocycles. The molecule has 13 nitrogen and oxygen atoms in total. The summed E-state index contributed by atoms with van der Waals surface area (Å²) in [6.45, 7) is -2.82. The second-order valence-corrected chi connectivity index (χ2v) is 11.0. The fourth-order valence-electron chi connectivity index (χ4n) is 4.86. The van der Waals surface area contributed by atoms with E-state index in [2.05, 4.69) is 25.8 Å². The van der Waals surface area contributed by atoms with Gasteiger partial charge in [0.2, 0.25) is 0 Å². The summed E-state index contributed by atoms with van der Waals surface area (Å²) in [6.07, 6.45) is -0.296. The number of carbonyl (C=O) groups excluding carboxylic acids is 3. The molecule has 0 aliphatic heterocycles. The van der Waals surface area contributed by atoms with Crippen LogP contribution in [0.15, 0.2) is 103 Å². The second-order valence-electron chi connectivity index (χ2n) is 11.0. The SMILES string of the molecule is O=C(NCC(F)(F)F)Nc1cccc(-c2cnc3cc(/C=N/O)ccn23)c1.O=Cc1ccn2c(-c3cccc(NC(=O)NCC(F)(F)F)c3)cnc2c1. The zero-order valence-electron chi connectivity index (χ0n) is 27.0. The van der Waals surface area contributed by atoms with Crippen molar-refractivity contribution in [2.24, 2.45) is 5.16 Å². The largest absolute Gasteiger partial charge is 0.411 e. The number of fused-ring (bicyclic) bond motifs is 2. The molecule has 0 spiro atoms. The van der Waals surface area contributed by atoms with Gasteiger partial charge < -0.3 is 26.5 Å². The van der Waals surface area contributed by atoms with Gasteiger partial charge in [-0.3, -0.25) is 13.6 Å². The summed E-state index contributed by atoms with van der Waals surface area (Å²) >= 11 is 0. The fraction of sp³-hybridized carbons (Fsp3) is 0.118. The number of urea groups is 2. The van der Waals surface area contributed by atoms with Gasteiger partial charge in [0.25, 0.3) is 0 Å². The Morgan fingerprint density at radius 1 is 0.698 bits per heavy atom. The number of imidazole rings is 2. The van der Waals surface area contributed by atoms with Gasteiger partial charge in [0.1, 0.15) is 30.7 Å². The lowest BCUT2D eigenvalue weighted by atomic mass is 10.1. The predicted molar refractivity (Wildman–Crippen MR) is 182 cm³/mol.